The van der Waals surface area contributed by atoms with Crippen LogP contribution in [0.25, 0.3) is 0 Å². The molecule has 6 nitrogen and oxygen atoms in total. The number of pyridine rings is 1. The number of aromatic nitrogens is 1. The Morgan fingerprint density at radius 2 is 2.21 bits per heavy atom. The molecule has 0 unspecified atom stereocenters. The van der Waals surface area contributed by atoms with Crippen molar-refractivity contribution in [2.24, 2.45) is 0 Å². The lowest BCUT2D eigenvalue weighted by atomic mass is 10.3. The van der Waals surface area contributed by atoms with Crippen molar-refractivity contribution in [3.05, 3.63) is 18.3 Å². The van der Waals surface area contributed by atoms with Gasteiger partial charge in [-0.25, -0.2) is 4.98 Å². The fourth-order valence-electron chi connectivity index (χ4n) is 2.01. The summed E-state index contributed by atoms with van der Waals surface area (Å²) in [5.41, 5.74) is 0. The highest BCUT2D eigenvalue weighted by molar-refractivity contribution is 6.01. The van der Waals surface area contributed by atoms with Crippen LogP contribution in [0, 0.1) is 0 Å². The van der Waals surface area contributed by atoms with Gasteiger partial charge in [0.05, 0.1) is 0 Å². The zero-order chi connectivity index (χ0) is 13.8. The number of ether oxygens (including phenoxy) is 1. The van der Waals surface area contributed by atoms with Gasteiger partial charge in [-0.05, 0) is 26.0 Å². The molecule has 0 spiro atoms. The van der Waals surface area contributed by atoms with E-state index in [2.05, 4.69) is 4.98 Å². The molecular weight excluding hydrogens is 246 g/mol. The minimum Gasteiger partial charge on any atom is -0.480 e. The minimum atomic E-state index is -0.244. The van der Waals surface area contributed by atoms with Crippen molar-refractivity contribution in [3.63, 3.8) is 0 Å². The Labute approximate surface area is 112 Å². The Morgan fingerprint density at radius 3 is 2.89 bits per heavy atom. The van der Waals surface area contributed by atoms with E-state index >= 15 is 0 Å². The van der Waals surface area contributed by atoms with Crippen molar-refractivity contribution < 1.29 is 14.3 Å². The van der Waals surface area contributed by atoms with Crippen LogP contribution in [0.1, 0.15) is 13.8 Å². The molecule has 0 atom stereocenters. The van der Waals surface area contributed by atoms with Crippen molar-refractivity contribution >= 4 is 17.6 Å². The van der Waals surface area contributed by atoms with Crippen molar-refractivity contribution in [1.82, 2.24) is 9.88 Å². The number of carbonyl (C=O) groups excluding carboxylic acids is 2. The van der Waals surface area contributed by atoms with E-state index in [1.165, 1.54) is 4.90 Å². The topological polar surface area (TPSA) is 62.7 Å². The molecule has 0 radical (unpaired) electrons. The highest BCUT2D eigenvalue weighted by Gasteiger charge is 2.29. The first-order valence-corrected chi connectivity index (χ1v) is 6.33. The average Bonchev–Trinajstić information content (AvgIpc) is 2.43. The van der Waals surface area contributed by atoms with Gasteiger partial charge in [-0.15, -0.1) is 0 Å². The first kappa shape index (κ1) is 13.3. The van der Waals surface area contributed by atoms with E-state index in [0.717, 1.165) is 0 Å². The van der Waals surface area contributed by atoms with E-state index < -0.39 is 0 Å². The predicted octanol–water partition coefficient (Wildman–Crippen LogP) is 0.675. The van der Waals surface area contributed by atoms with Gasteiger partial charge in [0.15, 0.2) is 18.2 Å². The summed E-state index contributed by atoms with van der Waals surface area (Å²) in [5, 5.41) is 0. The molecule has 1 aliphatic heterocycles. The van der Waals surface area contributed by atoms with E-state index in [1.54, 1.807) is 23.2 Å². The molecule has 2 rings (SSSR count). The van der Waals surface area contributed by atoms with Gasteiger partial charge in [-0.2, -0.15) is 0 Å². The van der Waals surface area contributed by atoms with E-state index in [-0.39, 0.29) is 25.0 Å². The lowest BCUT2D eigenvalue weighted by Crippen LogP contribution is -2.46. The van der Waals surface area contributed by atoms with Gasteiger partial charge in [0, 0.05) is 19.3 Å². The minimum absolute atomic E-state index is 0.00782. The lowest BCUT2D eigenvalue weighted by molar-refractivity contribution is -0.131. The van der Waals surface area contributed by atoms with Crippen LogP contribution in [0.2, 0.25) is 0 Å². The molecule has 1 aromatic rings. The highest BCUT2D eigenvalue weighted by atomic mass is 16.5. The second-order valence-electron chi connectivity index (χ2n) is 4.16. The first-order chi connectivity index (χ1) is 9.17. The Bertz CT molecular complexity index is 486. The molecule has 0 saturated heterocycles. The highest BCUT2D eigenvalue weighted by Crippen LogP contribution is 2.28. The van der Waals surface area contributed by atoms with E-state index in [4.69, 9.17) is 4.74 Å². The number of hydrogen-bond acceptors (Lipinski definition) is 4. The van der Waals surface area contributed by atoms with Crippen LogP contribution in [0.4, 0.5) is 5.82 Å². The molecule has 6 heteroatoms. The fraction of sp³-hybridized carbons (Fsp3) is 0.462. The Hall–Kier alpha value is -2.11. The Kier molecular flexibility index (Phi) is 3.99. The van der Waals surface area contributed by atoms with Gasteiger partial charge in [-0.3, -0.25) is 14.5 Å². The van der Waals surface area contributed by atoms with Crippen molar-refractivity contribution in [3.8, 4) is 5.75 Å². The third-order valence-corrected chi connectivity index (χ3v) is 3.07. The Morgan fingerprint density at radius 1 is 1.47 bits per heavy atom. The molecule has 0 bridgehead atoms. The molecule has 2 amide bonds. The zero-order valence-electron chi connectivity index (χ0n) is 11.1. The van der Waals surface area contributed by atoms with Gasteiger partial charge in [0.1, 0.15) is 6.54 Å². The summed E-state index contributed by atoms with van der Waals surface area (Å²) >= 11 is 0. The number of hydrogen-bond donors (Lipinski definition) is 0. The van der Waals surface area contributed by atoms with Gasteiger partial charge in [-0.1, -0.05) is 0 Å². The maximum Gasteiger partial charge on any atom is 0.266 e. The second kappa shape index (κ2) is 5.69. The van der Waals surface area contributed by atoms with Gasteiger partial charge < -0.3 is 9.64 Å². The van der Waals surface area contributed by atoms with E-state index in [0.29, 0.717) is 24.7 Å². The molecule has 0 aliphatic carbocycles. The van der Waals surface area contributed by atoms with Crippen molar-refractivity contribution in [1.29, 1.82) is 0 Å². The van der Waals surface area contributed by atoms with E-state index in [1.807, 2.05) is 13.8 Å². The quantitative estimate of drug-likeness (QED) is 0.801. The number of rotatable bonds is 4. The summed E-state index contributed by atoms with van der Waals surface area (Å²) < 4.78 is 5.28. The van der Waals surface area contributed by atoms with Crippen LogP contribution in [0.5, 0.6) is 5.75 Å². The van der Waals surface area contributed by atoms with Crippen LogP contribution in [-0.4, -0.2) is 47.9 Å². The Balaban J connectivity index is 2.20. The molecule has 1 aromatic heterocycles. The summed E-state index contributed by atoms with van der Waals surface area (Å²) in [5.74, 6) is 0.622. The number of fused-ring (bicyclic) bond motifs is 1. The van der Waals surface area contributed by atoms with Crippen LogP contribution in [0.15, 0.2) is 18.3 Å². The maximum absolute atomic E-state index is 12.1. The number of anilines is 1. The van der Waals surface area contributed by atoms with Gasteiger partial charge in [0.25, 0.3) is 5.91 Å². The number of carbonyl (C=O) groups is 2. The monoisotopic (exact) mass is 263 g/mol. The number of amides is 2. The summed E-state index contributed by atoms with van der Waals surface area (Å²) in [6, 6.07) is 3.47. The summed E-state index contributed by atoms with van der Waals surface area (Å²) in [6.45, 7) is 5.04. The molecule has 0 aromatic carbocycles. The molecule has 0 saturated carbocycles. The average molecular weight is 263 g/mol. The molecular formula is C13H17N3O3. The molecule has 2 heterocycles. The molecule has 19 heavy (non-hydrogen) atoms. The molecule has 0 fully saturated rings. The SMILES string of the molecule is CCN(CC)C(=O)CN1C(=O)COc2cccnc21. The van der Waals surface area contributed by atoms with Crippen LogP contribution in [-0.2, 0) is 9.59 Å². The van der Waals surface area contributed by atoms with Crippen LogP contribution >= 0.6 is 0 Å². The first-order valence-electron chi connectivity index (χ1n) is 6.33. The van der Waals surface area contributed by atoms with E-state index in [9.17, 15) is 9.59 Å². The molecule has 102 valence electrons. The molecule has 0 N–H and O–H groups in total. The number of nitrogens with zero attached hydrogens (tertiary/aromatic N) is 3. The van der Waals surface area contributed by atoms with Gasteiger partial charge >= 0.3 is 0 Å². The third kappa shape index (κ3) is 2.67. The normalized spacial score (nSPS) is 13.8. The maximum atomic E-state index is 12.1. The summed E-state index contributed by atoms with van der Waals surface area (Å²) in [6.07, 6.45) is 1.58. The number of likely N-dealkylation sites (N-methyl/N-ethyl adjacent to an activating group) is 1. The standard InChI is InChI=1S/C13H17N3O3/c1-3-15(4-2)11(17)8-16-12(18)9-19-10-6-5-7-14-13(10)16/h5-7H,3-4,8-9H2,1-2H3. The zero-order valence-corrected chi connectivity index (χ0v) is 11.1. The lowest BCUT2D eigenvalue weighted by Gasteiger charge is -2.29. The second-order valence-corrected chi connectivity index (χ2v) is 4.16. The van der Waals surface area contributed by atoms with Crippen molar-refractivity contribution in [2.45, 2.75) is 13.8 Å². The largest absolute Gasteiger partial charge is 0.480 e. The fourth-order valence-corrected chi connectivity index (χ4v) is 2.01. The predicted molar refractivity (Wildman–Crippen MR) is 70.0 cm³/mol. The molecule has 1 aliphatic rings. The van der Waals surface area contributed by atoms with Crippen molar-refractivity contribution in [2.75, 3.05) is 31.1 Å². The van der Waals surface area contributed by atoms with Crippen LogP contribution in [0.3, 0.4) is 0 Å². The third-order valence-electron chi connectivity index (χ3n) is 3.07. The van der Waals surface area contributed by atoms with Gasteiger partial charge in [0.2, 0.25) is 5.91 Å². The summed E-state index contributed by atoms with van der Waals surface area (Å²) in [7, 11) is 0. The summed E-state index contributed by atoms with van der Waals surface area (Å²) in [4.78, 5) is 31.2. The van der Waals surface area contributed by atoms with Crippen LogP contribution < -0.4 is 9.64 Å². The smallest absolute Gasteiger partial charge is 0.266 e.